The summed E-state index contributed by atoms with van der Waals surface area (Å²) in [6, 6.07) is 0.0580. The summed E-state index contributed by atoms with van der Waals surface area (Å²) in [5, 5.41) is 3.07. The van der Waals surface area contributed by atoms with Crippen LogP contribution in [0.25, 0.3) is 0 Å². The first-order chi connectivity index (χ1) is 7.53. The average Bonchev–Trinajstić information content (AvgIpc) is 2.24. The highest BCUT2D eigenvalue weighted by atomic mass is 19.4. The minimum Gasteiger partial charge on any atom is -0.377 e. The number of halogens is 3. The summed E-state index contributed by atoms with van der Waals surface area (Å²) < 4.78 is 41.6. The van der Waals surface area contributed by atoms with E-state index in [1.54, 1.807) is 7.05 Å². The van der Waals surface area contributed by atoms with E-state index in [1.807, 2.05) is 0 Å². The van der Waals surface area contributed by atoms with E-state index in [1.165, 1.54) is 0 Å². The van der Waals surface area contributed by atoms with Crippen molar-refractivity contribution in [3.63, 3.8) is 0 Å². The molecule has 1 fully saturated rings. The van der Waals surface area contributed by atoms with E-state index in [-0.39, 0.29) is 18.6 Å². The standard InChI is InChI=1S/C11H20F3NO/c1-15-9(5-4-7-11(12,13)14)10-6-2-3-8-16-10/h9-10,15H,2-8H2,1H3. The van der Waals surface area contributed by atoms with Gasteiger partial charge in [0.25, 0.3) is 0 Å². The lowest BCUT2D eigenvalue weighted by Gasteiger charge is -2.30. The maximum Gasteiger partial charge on any atom is 0.389 e. The molecule has 0 radical (unpaired) electrons. The molecule has 5 heteroatoms. The second-order valence-electron chi connectivity index (χ2n) is 4.31. The number of ether oxygens (including phenoxy) is 1. The molecule has 0 aromatic carbocycles. The van der Waals surface area contributed by atoms with Crippen LogP contribution in [0.2, 0.25) is 0 Å². The molecule has 0 aromatic heterocycles. The van der Waals surface area contributed by atoms with Gasteiger partial charge in [0.1, 0.15) is 0 Å². The molecule has 0 spiro atoms. The second kappa shape index (κ2) is 6.45. The fourth-order valence-corrected chi connectivity index (χ4v) is 2.12. The Balaban J connectivity index is 2.25. The van der Waals surface area contributed by atoms with Crippen molar-refractivity contribution >= 4 is 0 Å². The van der Waals surface area contributed by atoms with Gasteiger partial charge in [0.15, 0.2) is 0 Å². The van der Waals surface area contributed by atoms with Crippen molar-refractivity contribution in [1.82, 2.24) is 5.32 Å². The van der Waals surface area contributed by atoms with E-state index >= 15 is 0 Å². The molecule has 0 amide bonds. The third-order valence-electron chi connectivity index (χ3n) is 3.01. The maximum atomic E-state index is 12.0. The number of alkyl halides is 3. The molecular formula is C11H20F3NO. The Morgan fingerprint density at radius 1 is 1.38 bits per heavy atom. The van der Waals surface area contributed by atoms with Gasteiger partial charge in [0, 0.05) is 19.1 Å². The van der Waals surface area contributed by atoms with E-state index < -0.39 is 12.6 Å². The van der Waals surface area contributed by atoms with Crippen molar-refractivity contribution < 1.29 is 17.9 Å². The van der Waals surface area contributed by atoms with Gasteiger partial charge < -0.3 is 10.1 Å². The smallest absolute Gasteiger partial charge is 0.377 e. The molecule has 0 bridgehead atoms. The Kier molecular flexibility index (Phi) is 5.55. The Morgan fingerprint density at radius 2 is 2.12 bits per heavy atom. The van der Waals surface area contributed by atoms with Crippen LogP contribution in [0.4, 0.5) is 13.2 Å². The number of hydrogen-bond donors (Lipinski definition) is 1. The van der Waals surface area contributed by atoms with Crippen LogP contribution in [0, 0.1) is 0 Å². The normalized spacial score (nSPS) is 24.4. The average molecular weight is 239 g/mol. The quantitative estimate of drug-likeness (QED) is 0.796. The molecule has 96 valence electrons. The van der Waals surface area contributed by atoms with Crippen LogP contribution in [0.1, 0.15) is 38.5 Å². The van der Waals surface area contributed by atoms with Crippen LogP contribution in [0.15, 0.2) is 0 Å². The first kappa shape index (κ1) is 13.8. The number of nitrogens with one attached hydrogen (secondary N) is 1. The summed E-state index contributed by atoms with van der Waals surface area (Å²) in [5.74, 6) is 0. The number of rotatable bonds is 5. The number of hydrogen-bond acceptors (Lipinski definition) is 2. The lowest BCUT2D eigenvalue weighted by Crippen LogP contribution is -2.41. The van der Waals surface area contributed by atoms with Crippen molar-refractivity contribution in [3.05, 3.63) is 0 Å². The van der Waals surface area contributed by atoms with Crippen molar-refractivity contribution in [2.24, 2.45) is 0 Å². The number of likely N-dealkylation sites (N-methyl/N-ethyl adjacent to an activating group) is 1. The molecule has 2 unspecified atom stereocenters. The zero-order chi connectivity index (χ0) is 12.0. The summed E-state index contributed by atoms with van der Waals surface area (Å²) in [7, 11) is 1.79. The lowest BCUT2D eigenvalue weighted by molar-refractivity contribution is -0.136. The van der Waals surface area contributed by atoms with E-state index in [2.05, 4.69) is 5.32 Å². The van der Waals surface area contributed by atoms with Gasteiger partial charge in [-0.2, -0.15) is 13.2 Å². The van der Waals surface area contributed by atoms with E-state index in [0.717, 1.165) is 25.9 Å². The molecule has 1 heterocycles. The van der Waals surface area contributed by atoms with Crippen molar-refractivity contribution in [2.45, 2.75) is 56.8 Å². The van der Waals surface area contributed by atoms with Crippen molar-refractivity contribution in [2.75, 3.05) is 13.7 Å². The topological polar surface area (TPSA) is 21.3 Å². The zero-order valence-electron chi connectivity index (χ0n) is 9.65. The van der Waals surface area contributed by atoms with Crippen molar-refractivity contribution in [1.29, 1.82) is 0 Å². The molecule has 1 rings (SSSR count). The highest BCUT2D eigenvalue weighted by Crippen LogP contribution is 2.24. The van der Waals surface area contributed by atoms with Gasteiger partial charge in [0.05, 0.1) is 6.10 Å². The summed E-state index contributed by atoms with van der Waals surface area (Å²) in [6.07, 6.45) is -0.805. The molecule has 1 aliphatic rings. The van der Waals surface area contributed by atoms with Gasteiger partial charge in [-0.3, -0.25) is 0 Å². The van der Waals surface area contributed by atoms with Crippen LogP contribution in [-0.4, -0.2) is 32.0 Å². The predicted molar refractivity (Wildman–Crippen MR) is 56.3 cm³/mol. The van der Waals surface area contributed by atoms with Gasteiger partial charge in [-0.05, 0) is 39.2 Å². The van der Waals surface area contributed by atoms with Crippen LogP contribution in [0.3, 0.4) is 0 Å². The lowest BCUT2D eigenvalue weighted by atomic mass is 9.97. The Bertz CT molecular complexity index is 190. The molecule has 0 aromatic rings. The van der Waals surface area contributed by atoms with Gasteiger partial charge in [-0.25, -0.2) is 0 Å². The van der Waals surface area contributed by atoms with E-state index in [4.69, 9.17) is 4.74 Å². The largest absolute Gasteiger partial charge is 0.389 e. The Labute approximate surface area is 94.5 Å². The fourth-order valence-electron chi connectivity index (χ4n) is 2.12. The van der Waals surface area contributed by atoms with Gasteiger partial charge in [0.2, 0.25) is 0 Å². The van der Waals surface area contributed by atoms with E-state index in [9.17, 15) is 13.2 Å². The molecule has 1 aliphatic heterocycles. The highest BCUT2D eigenvalue weighted by Gasteiger charge is 2.28. The summed E-state index contributed by atoms with van der Waals surface area (Å²) in [5.41, 5.74) is 0. The zero-order valence-corrected chi connectivity index (χ0v) is 9.65. The molecule has 1 N–H and O–H groups in total. The van der Waals surface area contributed by atoms with Crippen LogP contribution in [0.5, 0.6) is 0 Å². The first-order valence-electron chi connectivity index (χ1n) is 5.88. The molecule has 0 aliphatic carbocycles. The SMILES string of the molecule is CNC(CCCC(F)(F)F)C1CCCCO1. The van der Waals surface area contributed by atoms with Crippen LogP contribution >= 0.6 is 0 Å². The Hall–Kier alpha value is -0.290. The predicted octanol–water partition coefficient (Wildman–Crippen LogP) is 2.88. The molecule has 2 nitrogen and oxygen atoms in total. The minimum atomic E-state index is -4.04. The second-order valence-corrected chi connectivity index (χ2v) is 4.31. The maximum absolute atomic E-state index is 12.0. The first-order valence-corrected chi connectivity index (χ1v) is 5.88. The highest BCUT2D eigenvalue weighted by molar-refractivity contribution is 4.78. The Morgan fingerprint density at radius 3 is 2.62 bits per heavy atom. The fraction of sp³-hybridized carbons (Fsp3) is 1.00. The molecule has 0 saturated carbocycles. The molecule has 16 heavy (non-hydrogen) atoms. The minimum absolute atomic E-state index is 0.0580. The third kappa shape index (κ3) is 5.16. The third-order valence-corrected chi connectivity index (χ3v) is 3.01. The van der Waals surface area contributed by atoms with Gasteiger partial charge in [-0.15, -0.1) is 0 Å². The molecular weight excluding hydrogens is 219 g/mol. The summed E-state index contributed by atoms with van der Waals surface area (Å²) >= 11 is 0. The molecule has 1 saturated heterocycles. The molecule has 2 atom stereocenters. The van der Waals surface area contributed by atoms with Gasteiger partial charge >= 0.3 is 6.18 Å². The van der Waals surface area contributed by atoms with Crippen LogP contribution < -0.4 is 5.32 Å². The summed E-state index contributed by atoms with van der Waals surface area (Å²) in [6.45, 7) is 0.738. The van der Waals surface area contributed by atoms with Crippen LogP contribution in [-0.2, 0) is 4.74 Å². The monoisotopic (exact) mass is 239 g/mol. The van der Waals surface area contributed by atoms with Gasteiger partial charge in [-0.1, -0.05) is 0 Å². The van der Waals surface area contributed by atoms with E-state index in [0.29, 0.717) is 6.42 Å². The summed E-state index contributed by atoms with van der Waals surface area (Å²) in [4.78, 5) is 0. The van der Waals surface area contributed by atoms with Crippen molar-refractivity contribution in [3.8, 4) is 0 Å².